The number of amides is 2. The molecule has 0 radical (unpaired) electrons. The molecule has 0 saturated carbocycles. The van der Waals surface area contributed by atoms with Crippen LogP contribution >= 0.6 is 0 Å². The zero-order valence-corrected chi connectivity index (χ0v) is 10.6. The smallest absolute Gasteiger partial charge is 0.319 e. The fourth-order valence-electron chi connectivity index (χ4n) is 1.21. The van der Waals surface area contributed by atoms with E-state index in [4.69, 9.17) is 5.26 Å². The molecule has 0 heterocycles. The second-order valence-corrected chi connectivity index (χ2v) is 4.61. The molecule has 1 rings (SSSR count). The average molecular weight is 262 g/mol. The molecule has 100 valence electrons. The lowest BCUT2D eigenvalue weighted by Gasteiger charge is -2.16. The fourth-order valence-corrected chi connectivity index (χ4v) is 1.21. The number of nitrogens with zero attached hydrogens (tertiary/aromatic N) is 2. The summed E-state index contributed by atoms with van der Waals surface area (Å²) < 4.78 is 0. The second-order valence-electron chi connectivity index (χ2n) is 4.61. The molecule has 7 nitrogen and oxygen atoms in total. The van der Waals surface area contributed by atoms with Crippen molar-refractivity contribution in [3.8, 4) is 6.07 Å². The summed E-state index contributed by atoms with van der Waals surface area (Å²) in [6.45, 7) is 3.57. The summed E-state index contributed by atoms with van der Waals surface area (Å²) in [7, 11) is 0. The molecular formula is C12H14N4O3. The van der Waals surface area contributed by atoms with Gasteiger partial charge < -0.3 is 10.6 Å². The molecule has 19 heavy (non-hydrogen) atoms. The first-order valence-corrected chi connectivity index (χ1v) is 5.54. The Morgan fingerprint density at radius 2 is 2.21 bits per heavy atom. The largest absolute Gasteiger partial charge is 0.336 e. The maximum absolute atomic E-state index is 11.6. The van der Waals surface area contributed by atoms with Crippen LogP contribution in [0.4, 0.5) is 16.2 Å². The quantitative estimate of drug-likeness (QED) is 0.640. The third-order valence-electron chi connectivity index (χ3n) is 2.31. The zero-order chi connectivity index (χ0) is 14.5. The van der Waals surface area contributed by atoms with Gasteiger partial charge in [-0.25, -0.2) is 4.79 Å². The van der Waals surface area contributed by atoms with Gasteiger partial charge in [-0.15, -0.1) is 0 Å². The van der Waals surface area contributed by atoms with Crippen molar-refractivity contribution in [1.82, 2.24) is 5.32 Å². The topological polar surface area (TPSA) is 108 Å². The number of anilines is 1. The van der Waals surface area contributed by atoms with Crippen molar-refractivity contribution in [2.24, 2.45) is 5.41 Å². The van der Waals surface area contributed by atoms with Crippen molar-refractivity contribution in [2.75, 3.05) is 11.9 Å². The molecule has 2 N–H and O–H groups in total. The van der Waals surface area contributed by atoms with Crippen molar-refractivity contribution >= 4 is 17.4 Å². The molecule has 0 atom stereocenters. The van der Waals surface area contributed by atoms with Crippen LogP contribution in [-0.2, 0) is 0 Å². The lowest BCUT2D eigenvalue weighted by molar-refractivity contribution is -0.384. The fraction of sp³-hybridized carbons (Fsp3) is 0.333. The van der Waals surface area contributed by atoms with Crippen molar-refractivity contribution in [3.05, 3.63) is 34.4 Å². The van der Waals surface area contributed by atoms with E-state index in [1.807, 2.05) is 0 Å². The van der Waals surface area contributed by atoms with Crippen molar-refractivity contribution in [3.63, 3.8) is 0 Å². The van der Waals surface area contributed by atoms with E-state index in [1.54, 1.807) is 19.9 Å². The summed E-state index contributed by atoms with van der Waals surface area (Å²) in [6.07, 6.45) is 0. The molecule has 0 unspecified atom stereocenters. The van der Waals surface area contributed by atoms with Crippen molar-refractivity contribution in [1.29, 1.82) is 5.26 Å². The van der Waals surface area contributed by atoms with Crippen LogP contribution in [0.15, 0.2) is 24.3 Å². The number of carbonyl (C=O) groups is 1. The van der Waals surface area contributed by atoms with Gasteiger partial charge in [-0.2, -0.15) is 5.26 Å². The lowest BCUT2D eigenvalue weighted by Crippen LogP contribution is -2.36. The highest BCUT2D eigenvalue weighted by Gasteiger charge is 2.17. The lowest BCUT2D eigenvalue weighted by atomic mass is 9.96. The summed E-state index contributed by atoms with van der Waals surface area (Å²) in [5.74, 6) is 0. The second kappa shape index (κ2) is 5.82. The standard InChI is InChI=1S/C12H14N4O3/c1-12(2,7-13)8-14-11(17)15-9-4-3-5-10(6-9)16(18)19/h3-6H,8H2,1-2H3,(H2,14,15,17). The Hall–Kier alpha value is -2.62. The van der Waals surface area contributed by atoms with E-state index in [9.17, 15) is 14.9 Å². The maximum atomic E-state index is 11.6. The molecule has 1 aromatic carbocycles. The van der Waals surface area contributed by atoms with Crippen LogP contribution in [0.25, 0.3) is 0 Å². The number of nitro benzene ring substituents is 1. The Bertz CT molecular complexity index is 534. The van der Waals surface area contributed by atoms with E-state index < -0.39 is 16.4 Å². The van der Waals surface area contributed by atoms with Gasteiger partial charge >= 0.3 is 6.03 Å². The Morgan fingerprint density at radius 1 is 1.53 bits per heavy atom. The Labute approximate surface area is 110 Å². The molecule has 0 aliphatic heterocycles. The van der Waals surface area contributed by atoms with E-state index in [-0.39, 0.29) is 12.2 Å². The van der Waals surface area contributed by atoms with Crippen LogP contribution in [0, 0.1) is 26.9 Å². The van der Waals surface area contributed by atoms with Crippen LogP contribution in [0.5, 0.6) is 0 Å². The average Bonchev–Trinajstić information content (AvgIpc) is 2.37. The van der Waals surface area contributed by atoms with Crippen molar-refractivity contribution < 1.29 is 9.72 Å². The minimum Gasteiger partial charge on any atom is -0.336 e. The number of nitro groups is 1. The molecule has 0 spiro atoms. The number of non-ortho nitro benzene ring substituents is 1. The highest BCUT2D eigenvalue weighted by molar-refractivity contribution is 5.89. The molecule has 1 aromatic rings. The van der Waals surface area contributed by atoms with Gasteiger partial charge in [0.1, 0.15) is 0 Å². The molecule has 0 aliphatic rings. The number of hydrogen-bond donors (Lipinski definition) is 2. The highest BCUT2D eigenvalue weighted by atomic mass is 16.6. The van der Waals surface area contributed by atoms with Gasteiger partial charge in [0.05, 0.1) is 16.4 Å². The Morgan fingerprint density at radius 3 is 2.79 bits per heavy atom. The van der Waals surface area contributed by atoms with Gasteiger partial charge in [0.2, 0.25) is 0 Å². The third-order valence-corrected chi connectivity index (χ3v) is 2.31. The van der Waals surface area contributed by atoms with Crippen molar-refractivity contribution in [2.45, 2.75) is 13.8 Å². The molecule has 0 saturated heterocycles. The SMILES string of the molecule is CC(C)(C#N)CNC(=O)Nc1cccc([N+](=O)[O-])c1. The van der Waals surface area contributed by atoms with E-state index in [0.717, 1.165) is 0 Å². The summed E-state index contributed by atoms with van der Waals surface area (Å²) in [5.41, 5.74) is -0.448. The van der Waals surface area contributed by atoms with Gasteiger partial charge in [0.15, 0.2) is 0 Å². The number of benzene rings is 1. The minimum absolute atomic E-state index is 0.102. The summed E-state index contributed by atoms with van der Waals surface area (Å²) in [5, 5.41) is 24.4. The van der Waals surface area contributed by atoms with Crippen LogP contribution in [-0.4, -0.2) is 17.5 Å². The first-order chi connectivity index (χ1) is 8.84. The predicted octanol–water partition coefficient (Wildman–Crippen LogP) is 2.27. The van der Waals surface area contributed by atoms with Gasteiger partial charge in [0, 0.05) is 24.4 Å². The minimum atomic E-state index is -0.667. The predicted molar refractivity (Wildman–Crippen MR) is 69.5 cm³/mol. The normalized spacial score (nSPS) is 10.4. The highest BCUT2D eigenvalue weighted by Crippen LogP contribution is 2.17. The first kappa shape index (κ1) is 14.4. The molecular weight excluding hydrogens is 248 g/mol. The van der Waals surface area contributed by atoms with Gasteiger partial charge in [-0.3, -0.25) is 10.1 Å². The van der Waals surface area contributed by atoms with Crippen LogP contribution in [0.1, 0.15) is 13.8 Å². The Kier molecular flexibility index (Phi) is 4.42. The number of nitriles is 1. The molecule has 0 aliphatic carbocycles. The number of rotatable bonds is 4. The Balaban J connectivity index is 2.61. The summed E-state index contributed by atoms with van der Waals surface area (Å²) in [4.78, 5) is 21.6. The molecule has 2 amide bonds. The van der Waals surface area contributed by atoms with E-state index in [0.29, 0.717) is 5.69 Å². The van der Waals surface area contributed by atoms with E-state index >= 15 is 0 Å². The third kappa shape index (κ3) is 4.63. The van der Waals surface area contributed by atoms with Gasteiger partial charge in [-0.05, 0) is 19.9 Å². The molecule has 0 fully saturated rings. The van der Waals surface area contributed by atoms with E-state index in [1.165, 1.54) is 18.2 Å². The van der Waals surface area contributed by atoms with Gasteiger partial charge in [0.25, 0.3) is 5.69 Å². The van der Waals surface area contributed by atoms with Crippen LogP contribution < -0.4 is 10.6 Å². The summed E-state index contributed by atoms with van der Waals surface area (Å²) >= 11 is 0. The maximum Gasteiger partial charge on any atom is 0.319 e. The molecule has 0 bridgehead atoms. The van der Waals surface area contributed by atoms with Crippen LogP contribution in [0.3, 0.4) is 0 Å². The first-order valence-electron chi connectivity index (χ1n) is 5.54. The molecule has 0 aromatic heterocycles. The molecule has 7 heteroatoms. The number of hydrogen-bond acceptors (Lipinski definition) is 4. The van der Waals surface area contributed by atoms with Gasteiger partial charge in [-0.1, -0.05) is 6.07 Å². The van der Waals surface area contributed by atoms with Crippen LogP contribution in [0.2, 0.25) is 0 Å². The number of carbonyl (C=O) groups excluding carboxylic acids is 1. The number of nitrogens with one attached hydrogen (secondary N) is 2. The monoisotopic (exact) mass is 262 g/mol. The number of urea groups is 1. The summed E-state index contributed by atoms with van der Waals surface area (Å²) in [6, 6.07) is 7.16. The zero-order valence-electron chi connectivity index (χ0n) is 10.6. The van der Waals surface area contributed by atoms with E-state index in [2.05, 4.69) is 16.7 Å².